The highest BCUT2D eigenvalue weighted by molar-refractivity contribution is 5.34. The largest absolute Gasteiger partial charge is 0.489 e. The fourth-order valence-corrected chi connectivity index (χ4v) is 1.44. The Morgan fingerprint density at radius 3 is 2.44 bits per heavy atom. The number of hydrogen-bond donors (Lipinski definition) is 0. The molecule has 0 aliphatic heterocycles. The van der Waals surface area contributed by atoms with E-state index in [9.17, 15) is 8.78 Å². The molecule has 0 unspecified atom stereocenters. The van der Waals surface area contributed by atoms with Crippen LogP contribution in [0.1, 0.15) is 11.1 Å². The third-order valence-corrected chi connectivity index (χ3v) is 2.39. The summed E-state index contributed by atoms with van der Waals surface area (Å²) in [5.74, 6) is -0.516. The van der Waals surface area contributed by atoms with Crippen molar-refractivity contribution in [3.63, 3.8) is 0 Å². The van der Waals surface area contributed by atoms with E-state index in [2.05, 4.69) is 0 Å². The molecule has 0 heterocycles. The summed E-state index contributed by atoms with van der Waals surface area (Å²) in [7, 11) is 0. The number of halogens is 2. The Hall–Kier alpha value is -2.41. The van der Waals surface area contributed by atoms with E-state index in [1.807, 2.05) is 6.07 Å². The third-order valence-electron chi connectivity index (χ3n) is 2.39. The summed E-state index contributed by atoms with van der Waals surface area (Å²) in [6.07, 6.45) is 0. The highest BCUT2D eigenvalue weighted by atomic mass is 19.1. The zero-order chi connectivity index (χ0) is 13.0. The molecule has 0 aromatic heterocycles. The van der Waals surface area contributed by atoms with Crippen molar-refractivity contribution in [3.8, 4) is 11.8 Å². The maximum atomic E-state index is 13.3. The van der Waals surface area contributed by atoms with Crippen LogP contribution >= 0.6 is 0 Å². The Bertz CT molecular complexity index is 588. The predicted molar refractivity (Wildman–Crippen MR) is 61.8 cm³/mol. The Morgan fingerprint density at radius 1 is 1.06 bits per heavy atom. The first-order chi connectivity index (χ1) is 8.69. The zero-order valence-corrected chi connectivity index (χ0v) is 9.36. The molecule has 0 bridgehead atoms. The van der Waals surface area contributed by atoms with Gasteiger partial charge in [-0.05, 0) is 42.5 Å². The molecule has 2 nitrogen and oxygen atoms in total. The zero-order valence-electron chi connectivity index (χ0n) is 9.36. The minimum absolute atomic E-state index is 0.0600. The maximum Gasteiger partial charge on any atom is 0.130 e. The summed E-state index contributed by atoms with van der Waals surface area (Å²) in [5, 5.41) is 8.62. The first-order valence-corrected chi connectivity index (χ1v) is 5.26. The molecule has 0 aliphatic rings. The number of benzene rings is 2. The van der Waals surface area contributed by atoms with Gasteiger partial charge in [0.05, 0.1) is 11.6 Å². The van der Waals surface area contributed by atoms with Gasteiger partial charge >= 0.3 is 0 Å². The Kier molecular flexibility index (Phi) is 3.54. The van der Waals surface area contributed by atoms with Crippen molar-refractivity contribution in [2.75, 3.05) is 0 Å². The summed E-state index contributed by atoms with van der Waals surface area (Å²) < 4.78 is 31.5. The quantitative estimate of drug-likeness (QED) is 0.830. The molecule has 0 N–H and O–H groups in total. The second-order valence-electron chi connectivity index (χ2n) is 3.66. The van der Waals surface area contributed by atoms with E-state index >= 15 is 0 Å². The van der Waals surface area contributed by atoms with Crippen molar-refractivity contribution in [1.82, 2.24) is 0 Å². The van der Waals surface area contributed by atoms with Crippen molar-refractivity contribution in [2.24, 2.45) is 0 Å². The van der Waals surface area contributed by atoms with Crippen LogP contribution in [0.5, 0.6) is 5.75 Å². The van der Waals surface area contributed by atoms with Crippen molar-refractivity contribution in [2.45, 2.75) is 6.61 Å². The van der Waals surface area contributed by atoms with E-state index in [0.717, 1.165) is 18.2 Å². The number of ether oxygens (including phenoxy) is 1. The minimum Gasteiger partial charge on any atom is -0.489 e. The summed E-state index contributed by atoms with van der Waals surface area (Å²) in [4.78, 5) is 0. The van der Waals surface area contributed by atoms with Gasteiger partial charge in [0.2, 0.25) is 0 Å². The van der Waals surface area contributed by atoms with E-state index < -0.39 is 11.6 Å². The van der Waals surface area contributed by atoms with Crippen LogP contribution in [-0.4, -0.2) is 0 Å². The van der Waals surface area contributed by atoms with Gasteiger partial charge in [-0.3, -0.25) is 0 Å². The van der Waals surface area contributed by atoms with E-state index in [4.69, 9.17) is 10.00 Å². The molecule has 2 rings (SSSR count). The van der Waals surface area contributed by atoms with Crippen LogP contribution in [-0.2, 0) is 6.61 Å². The van der Waals surface area contributed by atoms with Crippen molar-refractivity contribution >= 4 is 0 Å². The molecule has 0 aliphatic carbocycles. The van der Waals surface area contributed by atoms with Gasteiger partial charge in [0.1, 0.15) is 24.0 Å². The lowest BCUT2D eigenvalue weighted by atomic mass is 10.2. The van der Waals surface area contributed by atoms with Gasteiger partial charge in [-0.15, -0.1) is 0 Å². The summed E-state index contributed by atoms with van der Waals surface area (Å²) >= 11 is 0. The highest BCUT2D eigenvalue weighted by Crippen LogP contribution is 2.16. The average molecular weight is 245 g/mol. The molecular formula is C14H9F2NO. The molecule has 4 heteroatoms. The predicted octanol–water partition coefficient (Wildman–Crippen LogP) is 3.42. The molecule has 2 aromatic carbocycles. The van der Waals surface area contributed by atoms with Gasteiger partial charge in [0, 0.05) is 5.56 Å². The lowest BCUT2D eigenvalue weighted by molar-refractivity contribution is 0.299. The fraction of sp³-hybridized carbons (Fsp3) is 0.0714. The van der Waals surface area contributed by atoms with Gasteiger partial charge in [-0.1, -0.05) is 0 Å². The van der Waals surface area contributed by atoms with Gasteiger partial charge in [0.25, 0.3) is 0 Å². The summed E-state index contributed by atoms with van der Waals surface area (Å²) in [6.45, 7) is -0.0600. The molecule has 0 spiro atoms. The third kappa shape index (κ3) is 2.83. The Morgan fingerprint density at radius 2 is 1.78 bits per heavy atom. The molecule has 0 saturated heterocycles. The molecule has 18 heavy (non-hydrogen) atoms. The fourth-order valence-electron chi connectivity index (χ4n) is 1.44. The van der Waals surface area contributed by atoms with Crippen molar-refractivity contribution in [3.05, 3.63) is 65.2 Å². The first kappa shape index (κ1) is 12.1. The van der Waals surface area contributed by atoms with Crippen LogP contribution in [0, 0.1) is 23.0 Å². The van der Waals surface area contributed by atoms with Crippen molar-refractivity contribution < 1.29 is 13.5 Å². The molecule has 0 amide bonds. The minimum atomic E-state index is -0.509. The number of hydrogen-bond acceptors (Lipinski definition) is 2. The first-order valence-electron chi connectivity index (χ1n) is 5.26. The topological polar surface area (TPSA) is 33.0 Å². The number of rotatable bonds is 3. The molecule has 0 fully saturated rings. The van der Waals surface area contributed by atoms with Crippen LogP contribution < -0.4 is 4.74 Å². The standard InChI is InChI=1S/C14H9F2NO/c15-12-3-6-14(16)11(7-12)9-18-13-4-1-10(8-17)2-5-13/h1-7H,9H2. The molecule has 2 aromatic rings. The van der Waals surface area contributed by atoms with Crippen LogP contribution in [0.15, 0.2) is 42.5 Å². The van der Waals surface area contributed by atoms with E-state index in [1.54, 1.807) is 24.3 Å². The van der Waals surface area contributed by atoms with E-state index in [-0.39, 0.29) is 12.2 Å². The van der Waals surface area contributed by atoms with E-state index in [0.29, 0.717) is 11.3 Å². The molecular weight excluding hydrogens is 236 g/mol. The number of nitrogens with zero attached hydrogens (tertiary/aromatic N) is 1. The lowest BCUT2D eigenvalue weighted by Gasteiger charge is -2.07. The van der Waals surface area contributed by atoms with Gasteiger partial charge in [-0.2, -0.15) is 5.26 Å². The number of nitriles is 1. The van der Waals surface area contributed by atoms with Gasteiger partial charge in [0.15, 0.2) is 0 Å². The summed E-state index contributed by atoms with van der Waals surface area (Å²) in [6, 6.07) is 11.6. The Labute approximate surface area is 103 Å². The maximum absolute atomic E-state index is 13.3. The molecule has 0 radical (unpaired) electrons. The lowest BCUT2D eigenvalue weighted by Crippen LogP contribution is -1.99. The van der Waals surface area contributed by atoms with E-state index in [1.165, 1.54) is 0 Å². The second kappa shape index (κ2) is 5.28. The van der Waals surface area contributed by atoms with Crippen molar-refractivity contribution in [1.29, 1.82) is 5.26 Å². The second-order valence-corrected chi connectivity index (χ2v) is 3.66. The van der Waals surface area contributed by atoms with Crippen LogP contribution in [0.2, 0.25) is 0 Å². The normalized spacial score (nSPS) is 9.83. The van der Waals surface area contributed by atoms with Crippen LogP contribution in [0.3, 0.4) is 0 Å². The summed E-state index contributed by atoms with van der Waals surface area (Å²) in [5.41, 5.74) is 0.665. The van der Waals surface area contributed by atoms with Gasteiger partial charge in [-0.25, -0.2) is 8.78 Å². The highest BCUT2D eigenvalue weighted by Gasteiger charge is 2.04. The SMILES string of the molecule is N#Cc1ccc(OCc2cc(F)ccc2F)cc1. The molecule has 0 atom stereocenters. The Balaban J connectivity index is 2.07. The monoisotopic (exact) mass is 245 g/mol. The van der Waals surface area contributed by atoms with Gasteiger partial charge < -0.3 is 4.74 Å². The average Bonchev–Trinajstić information content (AvgIpc) is 2.40. The molecule has 0 saturated carbocycles. The molecule has 90 valence electrons. The van der Waals surface area contributed by atoms with Crippen LogP contribution in [0.25, 0.3) is 0 Å². The smallest absolute Gasteiger partial charge is 0.130 e. The van der Waals surface area contributed by atoms with Crippen LogP contribution in [0.4, 0.5) is 8.78 Å².